The van der Waals surface area contributed by atoms with Gasteiger partial charge in [0.05, 0.1) is 12.7 Å². The van der Waals surface area contributed by atoms with Gasteiger partial charge in [-0.1, -0.05) is 12.1 Å². The van der Waals surface area contributed by atoms with Crippen LogP contribution in [0.3, 0.4) is 0 Å². The number of aryl methyl sites for hydroxylation is 1. The second kappa shape index (κ2) is 4.46. The quantitative estimate of drug-likeness (QED) is 0.844. The van der Waals surface area contributed by atoms with Crippen LogP contribution in [-0.2, 0) is 0 Å². The molecule has 0 radical (unpaired) electrons. The normalized spacial score (nSPS) is 17.2. The summed E-state index contributed by atoms with van der Waals surface area (Å²) in [6.07, 6.45) is 2.11. The molecule has 2 nitrogen and oxygen atoms in total. The standard InChI is InChI=1S/C14H20O2/c1-9-4-7-13(11(3)15)14(10(9)2)16-8-12-5-6-12/h4,7,11-12,15H,5-6,8H2,1-3H3. The average Bonchev–Trinajstić information content (AvgIpc) is 3.03. The van der Waals surface area contributed by atoms with Gasteiger partial charge in [0.1, 0.15) is 5.75 Å². The summed E-state index contributed by atoms with van der Waals surface area (Å²) in [4.78, 5) is 0. The molecule has 0 aromatic heterocycles. The fraction of sp³-hybridized carbons (Fsp3) is 0.571. The lowest BCUT2D eigenvalue weighted by Gasteiger charge is -2.17. The van der Waals surface area contributed by atoms with Gasteiger partial charge < -0.3 is 9.84 Å². The molecule has 1 aromatic carbocycles. The molecule has 88 valence electrons. The summed E-state index contributed by atoms with van der Waals surface area (Å²) in [6.45, 7) is 6.71. The number of ether oxygens (including phenoxy) is 1. The topological polar surface area (TPSA) is 29.5 Å². The Morgan fingerprint density at radius 3 is 2.62 bits per heavy atom. The average molecular weight is 220 g/mol. The second-order valence-electron chi connectivity index (χ2n) is 4.86. The Morgan fingerprint density at radius 2 is 2.06 bits per heavy atom. The minimum Gasteiger partial charge on any atom is -0.493 e. The number of benzene rings is 1. The van der Waals surface area contributed by atoms with E-state index in [9.17, 15) is 5.11 Å². The molecule has 0 saturated heterocycles. The van der Waals surface area contributed by atoms with Gasteiger partial charge in [0.15, 0.2) is 0 Å². The number of rotatable bonds is 4. The molecule has 2 rings (SSSR count). The predicted octanol–water partition coefficient (Wildman–Crippen LogP) is 3.15. The van der Waals surface area contributed by atoms with E-state index in [1.807, 2.05) is 12.1 Å². The van der Waals surface area contributed by atoms with E-state index in [-0.39, 0.29) is 0 Å². The molecule has 16 heavy (non-hydrogen) atoms. The largest absolute Gasteiger partial charge is 0.493 e. The third-order valence-corrected chi connectivity index (χ3v) is 3.32. The molecule has 1 fully saturated rings. The van der Waals surface area contributed by atoms with Gasteiger partial charge in [-0.2, -0.15) is 0 Å². The molecule has 0 bridgehead atoms. The molecule has 1 atom stereocenters. The molecule has 0 amide bonds. The monoisotopic (exact) mass is 220 g/mol. The highest BCUT2D eigenvalue weighted by Gasteiger charge is 2.23. The molecular formula is C14H20O2. The molecule has 1 unspecified atom stereocenters. The van der Waals surface area contributed by atoms with Crippen molar-refractivity contribution >= 4 is 0 Å². The highest BCUT2D eigenvalue weighted by atomic mass is 16.5. The van der Waals surface area contributed by atoms with Gasteiger partial charge in [-0.05, 0) is 50.7 Å². The maximum atomic E-state index is 9.72. The molecular weight excluding hydrogens is 200 g/mol. The van der Waals surface area contributed by atoms with E-state index in [2.05, 4.69) is 13.8 Å². The van der Waals surface area contributed by atoms with E-state index in [1.54, 1.807) is 6.92 Å². The van der Waals surface area contributed by atoms with Crippen molar-refractivity contribution in [3.8, 4) is 5.75 Å². The van der Waals surface area contributed by atoms with Gasteiger partial charge >= 0.3 is 0 Å². The van der Waals surface area contributed by atoms with Crippen molar-refractivity contribution in [3.05, 3.63) is 28.8 Å². The third kappa shape index (κ3) is 2.38. The molecule has 1 aliphatic rings. The van der Waals surface area contributed by atoms with E-state index >= 15 is 0 Å². The zero-order valence-electron chi connectivity index (χ0n) is 10.3. The van der Waals surface area contributed by atoms with Crippen molar-refractivity contribution in [3.63, 3.8) is 0 Å². The zero-order chi connectivity index (χ0) is 11.7. The van der Waals surface area contributed by atoms with Crippen molar-refractivity contribution in [1.82, 2.24) is 0 Å². The molecule has 2 heteroatoms. The van der Waals surface area contributed by atoms with Gasteiger partial charge in [-0.15, -0.1) is 0 Å². The summed E-state index contributed by atoms with van der Waals surface area (Å²) < 4.78 is 5.87. The first-order chi connectivity index (χ1) is 7.59. The van der Waals surface area contributed by atoms with Crippen LogP contribution in [0.2, 0.25) is 0 Å². The fourth-order valence-corrected chi connectivity index (χ4v) is 1.82. The van der Waals surface area contributed by atoms with Crippen LogP contribution in [0.1, 0.15) is 42.6 Å². The molecule has 1 aliphatic carbocycles. The Hall–Kier alpha value is -1.02. The lowest BCUT2D eigenvalue weighted by atomic mass is 10.0. The number of hydrogen-bond acceptors (Lipinski definition) is 2. The van der Waals surface area contributed by atoms with Crippen LogP contribution < -0.4 is 4.74 Å². The van der Waals surface area contributed by atoms with Gasteiger partial charge in [0.25, 0.3) is 0 Å². The van der Waals surface area contributed by atoms with Crippen LogP contribution in [0.15, 0.2) is 12.1 Å². The van der Waals surface area contributed by atoms with Crippen LogP contribution in [-0.4, -0.2) is 11.7 Å². The van der Waals surface area contributed by atoms with Crippen LogP contribution in [0.4, 0.5) is 0 Å². The minimum absolute atomic E-state index is 0.464. The first-order valence-electron chi connectivity index (χ1n) is 6.00. The fourth-order valence-electron chi connectivity index (χ4n) is 1.82. The Morgan fingerprint density at radius 1 is 1.38 bits per heavy atom. The van der Waals surface area contributed by atoms with Gasteiger partial charge in [-0.3, -0.25) is 0 Å². The molecule has 0 aliphatic heterocycles. The third-order valence-electron chi connectivity index (χ3n) is 3.32. The maximum absolute atomic E-state index is 9.72. The highest BCUT2D eigenvalue weighted by Crippen LogP contribution is 2.34. The van der Waals surface area contributed by atoms with E-state index in [0.29, 0.717) is 0 Å². The predicted molar refractivity (Wildman–Crippen MR) is 64.8 cm³/mol. The summed E-state index contributed by atoms with van der Waals surface area (Å²) in [6, 6.07) is 4.01. The zero-order valence-corrected chi connectivity index (χ0v) is 10.3. The van der Waals surface area contributed by atoms with Crippen molar-refractivity contribution in [1.29, 1.82) is 0 Å². The lowest BCUT2D eigenvalue weighted by Crippen LogP contribution is -2.06. The summed E-state index contributed by atoms with van der Waals surface area (Å²) >= 11 is 0. The van der Waals surface area contributed by atoms with Crippen molar-refractivity contribution < 1.29 is 9.84 Å². The van der Waals surface area contributed by atoms with Crippen LogP contribution in [0, 0.1) is 19.8 Å². The highest BCUT2D eigenvalue weighted by molar-refractivity contribution is 5.46. The minimum atomic E-state index is -0.464. The molecule has 0 spiro atoms. The van der Waals surface area contributed by atoms with Crippen LogP contribution in [0.5, 0.6) is 5.75 Å². The van der Waals surface area contributed by atoms with Gasteiger partial charge in [-0.25, -0.2) is 0 Å². The molecule has 1 aromatic rings. The van der Waals surface area contributed by atoms with Crippen molar-refractivity contribution in [2.75, 3.05) is 6.61 Å². The van der Waals surface area contributed by atoms with Gasteiger partial charge in [0, 0.05) is 5.56 Å². The maximum Gasteiger partial charge on any atom is 0.128 e. The van der Waals surface area contributed by atoms with Crippen molar-refractivity contribution in [2.24, 2.45) is 5.92 Å². The van der Waals surface area contributed by atoms with Gasteiger partial charge in [0.2, 0.25) is 0 Å². The summed E-state index contributed by atoms with van der Waals surface area (Å²) in [7, 11) is 0. The number of aliphatic hydroxyl groups is 1. The molecule has 0 heterocycles. The lowest BCUT2D eigenvalue weighted by molar-refractivity contribution is 0.190. The van der Waals surface area contributed by atoms with Crippen molar-refractivity contribution in [2.45, 2.75) is 39.7 Å². The van der Waals surface area contributed by atoms with Crippen LogP contribution >= 0.6 is 0 Å². The van der Waals surface area contributed by atoms with E-state index < -0.39 is 6.10 Å². The van der Waals surface area contributed by atoms with E-state index in [0.717, 1.165) is 29.4 Å². The second-order valence-corrected chi connectivity index (χ2v) is 4.86. The first kappa shape index (κ1) is 11.5. The summed E-state index contributed by atoms with van der Waals surface area (Å²) in [5, 5.41) is 9.72. The smallest absolute Gasteiger partial charge is 0.128 e. The number of hydrogen-bond donors (Lipinski definition) is 1. The Labute approximate surface area is 97.3 Å². The molecule has 1 saturated carbocycles. The summed E-state index contributed by atoms with van der Waals surface area (Å²) in [5.41, 5.74) is 3.28. The Kier molecular flexibility index (Phi) is 3.20. The SMILES string of the molecule is Cc1ccc(C(C)O)c(OCC2CC2)c1C. The van der Waals surface area contributed by atoms with E-state index in [1.165, 1.54) is 18.4 Å². The van der Waals surface area contributed by atoms with Crippen LogP contribution in [0.25, 0.3) is 0 Å². The first-order valence-corrected chi connectivity index (χ1v) is 6.00. The van der Waals surface area contributed by atoms with E-state index in [4.69, 9.17) is 4.74 Å². The Bertz CT molecular complexity index is 379. The number of aliphatic hydroxyl groups excluding tert-OH is 1. The summed E-state index contributed by atoms with van der Waals surface area (Å²) in [5.74, 6) is 1.63. The Balaban J connectivity index is 2.25. The molecule has 1 N–H and O–H groups in total.